The second-order valence-electron chi connectivity index (χ2n) is 15.5. The molecule has 0 amide bonds. The van der Waals surface area contributed by atoms with Gasteiger partial charge in [0.2, 0.25) is 0 Å². The third-order valence-corrected chi connectivity index (χ3v) is 11.3. The van der Waals surface area contributed by atoms with E-state index < -0.39 is 0 Å². The summed E-state index contributed by atoms with van der Waals surface area (Å²) in [6.45, 7) is 14.7. The average molecular weight is 712 g/mol. The summed E-state index contributed by atoms with van der Waals surface area (Å²) in [5.41, 5.74) is 3.88. The minimum atomic E-state index is 0.606. The van der Waals surface area contributed by atoms with Crippen LogP contribution >= 0.6 is 11.9 Å². The number of hydrogen-bond acceptors (Lipinski definition) is 6. The Bertz CT molecular complexity index is 609. The van der Waals surface area contributed by atoms with Gasteiger partial charge in [0, 0.05) is 25.4 Å². The van der Waals surface area contributed by atoms with Gasteiger partial charge in [0.1, 0.15) is 0 Å². The van der Waals surface area contributed by atoms with E-state index in [1.54, 1.807) is 0 Å². The molecule has 0 fully saturated rings. The molecule has 6 heteroatoms. The maximum absolute atomic E-state index is 6.99. The Morgan fingerprint density at radius 1 is 0.469 bits per heavy atom. The predicted molar refractivity (Wildman–Crippen MR) is 224 cm³/mol. The lowest BCUT2D eigenvalue weighted by Crippen LogP contribution is -2.59. The quantitative estimate of drug-likeness (QED) is 0.0284. The molecule has 0 saturated carbocycles. The van der Waals surface area contributed by atoms with Crippen molar-refractivity contribution >= 4 is 11.9 Å². The molecular weight excluding hydrogens is 619 g/mol. The first-order valence-electron chi connectivity index (χ1n) is 22.6. The molecule has 1 atom stereocenters. The molecule has 0 saturated heterocycles. The summed E-state index contributed by atoms with van der Waals surface area (Å²) in [4.78, 5) is 0. The van der Waals surface area contributed by atoms with Gasteiger partial charge in [-0.25, -0.2) is 5.43 Å². The largest absolute Gasteiger partial charge is 0.253 e. The fourth-order valence-corrected chi connectivity index (χ4v) is 7.85. The van der Waals surface area contributed by atoms with Gasteiger partial charge in [-0.15, -0.1) is 0 Å². The van der Waals surface area contributed by atoms with E-state index in [2.05, 4.69) is 54.8 Å². The molecule has 0 bridgehead atoms. The maximum atomic E-state index is 6.99. The smallest absolute Gasteiger partial charge is 0.0337 e. The Balaban J connectivity index is 5.05. The van der Waals surface area contributed by atoms with Crippen LogP contribution in [0.4, 0.5) is 0 Å². The Labute approximate surface area is 314 Å². The number of nitrogens with one attached hydrogen (secondary N) is 1. The number of unbranched alkanes of at least 4 members (excludes halogenated alkanes) is 28. The van der Waals surface area contributed by atoms with Crippen LogP contribution in [0.2, 0.25) is 0 Å². The van der Waals surface area contributed by atoms with Gasteiger partial charge in [-0.1, -0.05) is 225 Å². The van der Waals surface area contributed by atoms with Gasteiger partial charge < -0.3 is 0 Å². The molecule has 0 aromatic heterocycles. The molecule has 5 nitrogen and oxygen atoms in total. The minimum absolute atomic E-state index is 0.606. The highest BCUT2D eigenvalue weighted by atomic mass is 32.2. The molecular formula is C43H93N5S. The summed E-state index contributed by atoms with van der Waals surface area (Å²) in [5, 5.41) is 4.48. The number of hydrazine groups is 4. The van der Waals surface area contributed by atoms with E-state index in [0.29, 0.717) is 5.92 Å². The van der Waals surface area contributed by atoms with Gasteiger partial charge in [-0.05, 0) is 43.5 Å². The van der Waals surface area contributed by atoms with E-state index in [4.69, 9.17) is 5.84 Å². The molecule has 0 aromatic carbocycles. The zero-order chi connectivity index (χ0) is 35.9. The first-order valence-corrected chi connectivity index (χ1v) is 23.5. The number of rotatable bonds is 42. The lowest BCUT2D eigenvalue weighted by atomic mass is 10.0. The lowest BCUT2D eigenvalue weighted by Gasteiger charge is -2.40. The molecule has 0 aliphatic heterocycles. The molecule has 0 aromatic rings. The van der Waals surface area contributed by atoms with Gasteiger partial charge in [0.05, 0.1) is 0 Å². The van der Waals surface area contributed by atoms with Crippen molar-refractivity contribution in [1.29, 1.82) is 0 Å². The fraction of sp³-hybridized carbons (Fsp3) is 1.00. The highest BCUT2D eigenvalue weighted by Gasteiger charge is 2.22. The minimum Gasteiger partial charge on any atom is -0.253 e. The van der Waals surface area contributed by atoms with Gasteiger partial charge in [0.15, 0.2) is 0 Å². The first kappa shape index (κ1) is 49.1. The highest BCUT2D eigenvalue weighted by molar-refractivity contribution is 7.96. The summed E-state index contributed by atoms with van der Waals surface area (Å²) in [5.74, 6) is 8.73. The van der Waals surface area contributed by atoms with Crippen LogP contribution in [0.5, 0.6) is 0 Å². The van der Waals surface area contributed by atoms with E-state index in [9.17, 15) is 0 Å². The number of hydrogen-bond donors (Lipinski definition) is 2. The van der Waals surface area contributed by atoms with Crippen LogP contribution < -0.4 is 11.3 Å². The van der Waals surface area contributed by atoms with Gasteiger partial charge >= 0.3 is 0 Å². The first-order chi connectivity index (χ1) is 24.1. The molecule has 0 spiro atoms. The monoisotopic (exact) mass is 712 g/mol. The van der Waals surface area contributed by atoms with E-state index >= 15 is 0 Å². The van der Waals surface area contributed by atoms with Crippen LogP contribution in [0.1, 0.15) is 247 Å². The Morgan fingerprint density at radius 3 is 1.29 bits per heavy atom. The standard InChI is InChI=1S/C43H93N5S/c1-6-10-14-18-22-25-26-29-32-36-40-47(45-39-35-31-28-24-20-16-12-8-3)48(49-41-37-33-21-17-13-9-4)46(44)42-43(5)38-34-30-27-23-19-15-11-7-2/h43,45H,6-42,44H2,1-5H3. The summed E-state index contributed by atoms with van der Waals surface area (Å²) in [6, 6.07) is 0. The van der Waals surface area contributed by atoms with Crippen molar-refractivity contribution in [3.63, 3.8) is 0 Å². The third kappa shape index (κ3) is 35.0. The summed E-state index contributed by atoms with van der Waals surface area (Å²) in [6.07, 6.45) is 45.1. The molecule has 0 radical (unpaired) electrons. The SMILES string of the molecule is CCCCCCCCCCCCN(NCCCCCCCCCC)N(SCCCCCCCC)N(N)CC(C)CCCCCCCCCC. The molecule has 0 heterocycles. The second kappa shape index (κ2) is 40.9. The molecule has 296 valence electrons. The topological polar surface area (TPSA) is 47.8 Å². The lowest BCUT2D eigenvalue weighted by molar-refractivity contribution is -0.139. The van der Waals surface area contributed by atoms with Crippen LogP contribution in [-0.2, 0) is 0 Å². The van der Waals surface area contributed by atoms with Gasteiger partial charge in [0.25, 0.3) is 0 Å². The highest BCUT2D eigenvalue weighted by Crippen LogP contribution is 2.21. The van der Waals surface area contributed by atoms with Crippen molar-refractivity contribution in [2.24, 2.45) is 11.8 Å². The van der Waals surface area contributed by atoms with Crippen molar-refractivity contribution in [3.8, 4) is 0 Å². The van der Waals surface area contributed by atoms with E-state index in [-0.39, 0.29) is 0 Å². The Kier molecular flexibility index (Phi) is 41.0. The van der Waals surface area contributed by atoms with Gasteiger partial charge in [-0.3, -0.25) is 5.84 Å². The number of nitrogens with two attached hydrogens (primary N) is 1. The third-order valence-electron chi connectivity index (χ3n) is 10.2. The van der Waals surface area contributed by atoms with Crippen molar-refractivity contribution in [1.82, 2.24) is 20.2 Å². The van der Waals surface area contributed by atoms with Crippen LogP contribution in [0.3, 0.4) is 0 Å². The number of nitrogens with zero attached hydrogens (tertiary/aromatic N) is 3. The summed E-state index contributed by atoms with van der Waals surface area (Å²) < 4.78 is 2.34. The van der Waals surface area contributed by atoms with Crippen LogP contribution in [-0.4, -0.2) is 40.1 Å². The molecule has 0 aliphatic rings. The van der Waals surface area contributed by atoms with Crippen molar-refractivity contribution in [2.45, 2.75) is 247 Å². The zero-order valence-electron chi connectivity index (χ0n) is 34.6. The van der Waals surface area contributed by atoms with Crippen molar-refractivity contribution in [2.75, 3.05) is 25.4 Å². The maximum Gasteiger partial charge on any atom is 0.0337 e. The molecule has 0 rings (SSSR count). The molecule has 3 N–H and O–H groups in total. The van der Waals surface area contributed by atoms with Gasteiger partial charge in [-0.2, -0.15) is 10.2 Å². The molecule has 49 heavy (non-hydrogen) atoms. The summed E-state index contributed by atoms with van der Waals surface area (Å²) in [7, 11) is 0. The summed E-state index contributed by atoms with van der Waals surface area (Å²) >= 11 is 1.94. The van der Waals surface area contributed by atoms with E-state index in [1.165, 1.54) is 212 Å². The molecule has 0 aliphatic carbocycles. The Hall–Kier alpha value is 0.150. The second-order valence-corrected chi connectivity index (χ2v) is 16.5. The van der Waals surface area contributed by atoms with E-state index in [0.717, 1.165) is 25.4 Å². The van der Waals surface area contributed by atoms with Crippen LogP contribution in [0.25, 0.3) is 0 Å². The normalized spacial score (nSPS) is 12.7. The van der Waals surface area contributed by atoms with Crippen molar-refractivity contribution < 1.29 is 0 Å². The zero-order valence-corrected chi connectivity index (χ0v) is 35.4. The Morgan fingerprint density at radius 2 is 0.837 bits per heavy atom. The van der Waals surface area contributed by atoms with Crippen LogP contribution in [0.15, 0.2) is 0 Å². The van der Waals surface area contributed by atoms with Crippen molar-refractivity contribution in [3.05, 3.63) is 0 Å². The predicted octanol–water partition coefficient (Wildman–Crippen LogP) is 14.3. The molecule has 1 unspecified atom stereocenters. The van der Waals surface area contributed by atoms with E-state index in [1.807, 2.05) is 11.9 Å². The average Bonchev–Trinajstić information content (AvgIpc) is 3.10. The fourth-order valence-electron chi connectivity index (χ4n) is 6.86. The van der Waals surface area contributed by atoms with Crippen LogP contribution in [0, 0.1) is 5.92 Å².